The summed E-state index contributed by atoms with van der Waals surface area (Å²) in [5.74, 6) is 5.40. The smallest absolute Gasteiger partial charge is 0.0466 e. The van der Waals surface area contributed by atoms with E-state index in [2.05, 4.69) is 25.3 Å². The van der Waals surface area contributed by atoms with Gasteiger partial charge in [0.25, 0.3) is 0 Å². The summed E-state index contributed by atoms with van der Waals surface area (Å²) in [6.07, 6.45) is 4.22. The van der Waals surface area contributed by atoms with Gasteiger partial charge in [-0.1, -0.05) is 11.6 Å². The first-order valence-corrected chi connectivity index (χ1v) is 4.89. The van der Waals surface area contributed by atoms with Crippen molar-refractivity contribution in [3.63, 3.8) is 0 Å². The molecule has 0 rings (SSSR count). The van der Waals surface area contributed by atoms with Crippen molar-refractivity contribution in [2.75, 3.05) is 13.2 Å². The minimum atomic E-state index is 0.283. The van der Waals surface area contributed by atoms with Crippen molar-refractivity contribution in [3.8, 4) is 0 Å². The standard InChI is InChI=1S/C10H22N2O/c1-4-13-7-5-6-10(12-11)8-9(2)3/h8,10,12H,4-7,11H2,1-3H3. The summed E-state index contributed by atoms with van der Waals surface area (Å²) in [6, 6.07) is 0.283. The van der Waals surface area contributed by atoms with Gasteiger partial charge < -0.3 is 4.74 Å². The van der Waals surface area contributed by atoms with Crippen LogP contribution in [0.4, 0.5) is 0 Å². The van der Waals surface area contributed by atoms with E-state index >= 15 is 0 Å². The zero-order valence-corrected chi connectivity index (χ0v) is 8.97. The molecule has 0 aliphatic rings. The summed E-state index contributed by atoms with van der Waals surface area (Å²) in [4.78, 5) is 0. The second kappa shape index (κ2) is 8.23. The fourth-order valence-electron chi connectivity index (χ4n) is 1.17. The predicted octanol–water partition coefficient (Wildman–Crippen LogP) is 1.60. The highest BCUT2D eigenvalue weighted by atomic mass is 16.5. The molecule has 0 spiro atoms. The highest BCUT2D eigenvalue weighted by Gasteiger charge is 2.01. The molecule has 13 heavy (non-hydrogen) atoms. The summed E-state index contributed by atoms with van der Waals surface area (Å²) in [5, 5.41) is 0. The first-order valence-electron chi connectivity index (χ1n) is 4.89. The second-order valence-corrected chi connectivity index (χ2v) is 3.36. The maximum Gasteiger partial charge on any atom is 0.0466 e. The van der Waals surface area contributed by atoms with Crippen LogP contribution in [0, 0.1) is 0 Å². The first-order chi connectivity index (χ1) is 6.20. The van der Waals surface area contributed by atoms with Gasteiger partial charge in [0.2, 0.25) is 0 Å². The number of nitrogens with two attached hydrogens (primary N) is 1. The number of ether oxygens (including phenoxy) is 1. The molecule has 0 saturated carbocycles. The lowest BCUT2D eigenvalue weighted by molar-refractivity contribution is 0.142. The van der Waals surface area contributed by atoms with Gasteiger partial charge in [0.15, 0.2) is 0 Å². The molecule has 0 aromatic carbocycles. The SMILES string of the molecule is CCOCCCC(C=C(C)C)NN. The van der Waals surface area contributed by atoms with Crippen LogP contribution in [0.2, 0.25) is 0 Å². The van der Waals surface area contributed by atoms with Gasteiger partial charge in [0.1, 0.15) is 0 Å². The Balaban J connectivity index is 3.54. The molecule has 3 nitrogen and oxygen atoms in total. The third kappa shape index (κ3) is 7.96. The van der Waals surface area contributed by atoms with E-state index in [-0.39, 0.29) is 6.04 Å². The van der Waals surface area contributed by atoms with Crippen LogP contribution in [-0.2, 0) is 4.74 Å². The molecule has 0 saturated heterocycles. The van der Waals surface area contributed by atoms with Crippen LogP contribution in [0.25, 0.3) is 0 Å². The predicted molar refractivity (Wildman–Crippen MR) is 56.3 cm³/mol. The van der Waals surface area contributed by atoms with Gasteiger partial charge in [0, 0.05) is 19.3 Å². The van der Waals surface area contributed by atoms with Crippen LogP contribution in [0.1, 0.15) is 33.6 Å². The van der Waals surface area contributed by atoms with Gasteiger partial charge in [0.05, 0.1) is 0 Å². The molecule has 3 N–H and O–H groups in total. The van der Waals surface area contributed by atoms with Crippen LogP contribution in [0.15, 0.2) is 11.6 Å². The van der Waals surface area contributed by atoms with Crippen molar-refractivity contribution in [1.82, 2.24) is 5.43 Å². The van der Waals surface area contributed by atoms with Crippen molar-refractivity contribution in [2.45, 2.75) is 39.7 Å². The monoisotopic (exact) mass is 186 g/mol. The Hall–Kier alpha value is -0.380. The molecular formula is C10H22N2O. The van der Waals surface area contributed by atoms with E-state index in [1.165, 1.54) is 5.57 Å². The molecule has 0 heterocycles. The van der Waals surface area contributed by atoms with E-state index in [0.29, 0.717) is 0 Å². The first kappa shape index (κ1) is 12.6. The van der Waals surface area contributed by atoms with Crippen LogP contribution in [0.3, 0.4) is 0 Å². The molecule has 0 amide bonds. The molecular weight excluding hydrogens is 164 g/mol. The summed E-state index contributed by atoms with van der Waals surface area (Å²) >= 11 is 0. The molecule has 0 aliphatic heterocycles. The quantitative estimate of drug-likeness (QED) is 0.275. The summed E-state index contributed by atoms with van der Waals surface area (Å²) < 4.78 is 5.24. The molecule has 1 atom stereocenters. The van der Waals surface area contributed by atoms with Crippen LogP contribution < -0.4 is 11.3 Å². The number of hydrogen-bond acceptors (Lipinski definition) is 3. The summed E-state index contributed by atoms with van der Waals surface area (Å²) in [6.45, 7) is 7.78. The topological polar surface area (TPSA) is 47.3 Å². The minimum absolute atomic E-state index is 0.283. The van der Waals surface area contributed by atoms with Crippen molar-refractivity contribution in [3.05, 3.63) is 11.6 Å². The average Bonchev–Trinajstić information content (AvgIpc) is 2.09. The molecule has 0 fully saturated rings. The normalized spacial score (nSPS) is 12.6. The van der Waals surface area contributed by atoms with Crippen LogP contribution in [-0.4, -0.2) is 19.3 Å². The molecule has 0 radical (unpaired) electrons. The fraction of sp³-hybridized carbons (Fsp3) is 0.800. The lowest BCUT2D eigenvalue weighted by atomic mass is 10.1. The minimum Gasteiger partial charge on any atom is -0.382 e. The Bertz CT molecular complexity index is 142. The Morgan fingerprint density at radius 1 is 1.54 bits per heavy atom. The van der Waals surface area contributed by atoms with Gasteiger partial charge in [-0.05, 0) is 33.6 Å². The molecule has 78 valence electrons. The van der Waals surface area contributed by atoms with Gasteiger partial charge in [-0.2, -0.15) is 0 Å². The van der Waals surface area contributed by atoms with Gasteiger partial charge in [-0.3, -0.25) is 11.3 Å². The molecule has 0 aromatic heterocycles. The maximum absolute atomic E-state index is 5.40. The number of hydrazine groups is 1. The highest BCUT2D eigenvalue weighted by Crippen LogP contribution is 2.01. The Morgan fingerprint density at radius 2 is 2.23 bits per heavy atom. The van der Waals surface area contributed by atoms with Gasteiger partial charge >= 0.3 is 0 Å². The summed E-state index contributed by atoms with van der Waals surface area (Å²) in [7, 11) is 0. The van der Waals surface area contributed by atoms with E-state index in [0.717, 1.165) is 26.1 Å². The third-order valence-electron chi connectivity index (χ3n) is 1.76. The number of rotatable bonds is 7. The van der Waals surface area contributed by atoms with Crippen molar-refractivity contribution in [1.29, 1.82) is 0 Å². The van der Waals surface area contributed by atoms with E-state index in [9.17, 15) is 0 Å². The Labute approximate surface area is 81.3 Å². The zero-order valence-electron chi connectivity index (χ0n) is 8.97. The molecule has 3 heteroatoms. The second-order valence-electron chi connectivity index (χ2n) is 3.36. The molecule has 0 aromatic rings. The third-order valence-corrected chi connectivity index (χ3v) is 1.76. The van der Waals surface area contributed by atoms with E-state index in [4.69, 9.17) is 10.6 Å². The van der Waals surface area contributed by atoms with Crippen molar-refractivity contribution >= 4 is 0 Å². The lowest BCUT2D eigenvalue weighted by Gasteiger charge is -2.11. The lowest BCUT2D eigenvalue weighted by Crippen LogP contribution is -2.33. The van der Waals surface area contributed by atoms with Gasteiger partial charge in [-0.15, -0.1) is 0 Å². The van der Waals surface area contributed by atoms with Crippen LogP contribution >= 0.6 is 0 Å². The van der Waals surface area contributed by atoms with Crippen LogP contribution in [0.5, 0.6) is 0 Å². The van der Waals surface area contributed by atoms with E-state index in [1.807, 2.05) is 6.92 Å². The zero-order chi connectivity index (χ0) is 10.1. The maximum atomic E-state index is 5.40. The molecule has 0 aliphatic carbocycles. The Morgan fingerprint density at radius 3 is 2.69 bits per heavy atom. The largest absolute Gasteiger partial charge is 0.382 e. The van der Waals surface area contributed by atoms with E-state index < -0.39 is 0 Å². The van der Waals surface area contributed by atoms with Gasteiger partial charge in [-0.25, -0.2) is 0 Å². The fourth-order valence-corrected chi connectivity index (χ4v) is 1.17. The average molecular weight is 186 g/mol. The number of nitrogens with one attached hydrogen (secondary N) is 1. The summed E-state index contributed by atoms with van der Waals surface area (Å²) in [5.41, 5.74) is 4.07. The molecule has 1 unspecified atom stereocenters. The number of hydrogen-bond donors (Lipinski definition) is 2. The van der Waals surface area contributed by atoms with Crippen molar-refractivity contribution in [2.24, 2.45) is 5.84 Å². The number of allylic oxidation sites excluding steroid dienone is 1. The Kier molecular flexibility index (Phi) is 7.99. The van der Waals surface area contributed by atoms with Crippen molar-refractivity contribution < 1.29 is 4.74 Å². The highest BCUT2D eigenvalue weighted by molar-refractivity contribution is 5.00. The van der Waals surface area contributed by atoms with E-state index in [1.54, 1.807) is 0 Å². The molecule has 0 bridgehead atoms.